The number of nitrogens with one attached hydrogen (secondary N) is 2. The SMILES string of the molecule is O=C1Nc2c(cccc2C(F)(F)F)/C1=C1/Nc2ccccc2/C1=N\O. The van der Waals surface area contributed by atoms with Crippen LogP contribution < -0.4 is 10.6 Å². The van der Waals surface area contributed by atoms with Gasteiger partial charge in [-0.25, -0.2) is 0 Å². The minimum absolute atomic E-state index is 0.00472. The molecule has 126 valence electrons. The summed E-state index contributed by atoms with van der Waals surface area (Å²) >= 11 is 0. The predicted octanol–water partition coefficient (Wildman–Crippen LogP) is 3.67. The molecule has 2 aromatic rings. The van der Waals surface area contributed by atoms with E-state index in [-0.39, 0.29) is 28.2 Å². The van der Waals surface area contributed by atoms with Gasteiger partial charge in [-0.05, 0) is 12.1 Å². The van der Waals surface area contributed by atoms with Crippen LogP contribution in [-0.2, 0) is 11.0 Å². The van der Waals surface area contributed by atoms with Gasteiger partial charge in [0.2, 0.25) is 0 Å². The average Bonchev–Trinajstić information content (AvgIpc) is 3.09. The van der Waals surface area contributed by atoms with E-state index in [0.717, 1.165) is 6.07 Å². The highest BCUT2D eigenvalue weighted by Crippen LogP contribution is 2.44. The van der Waals surface area contributed by atoms with E-state index in [4.69, 9.17) is 0 Å². The Morgan fingerprint density at radius 1 is 0.960 bits per heavy atom. The number of oxime groups is 1. The number of amides is 1. The van der Waals surface area contributed by atoms with Gasteiger partial charge in [-0.2, -0.15) is 13.2 Å². The molecule has 0 unspecified atom stereocenters. The van der Waals surface area contributed by atoms with Crippen molar-refractivity contribution in [1.29, 1.82) is 0 Å². The van der Waals surface area contributed by atoms with Gasteiger partial charge in [0.25, 0.3) is 5.91 Å². The summed E-state index contributed by atoms with van der Waals surface area (Å²) in [4.78, 5) is 12.4. The van der Waals surface area contributed by atoms with E-state index in [1.165, 1.54) is 12.1 Å². The van der Waals surface area contributed by atoms with Crippen LogP contribution in [0.15, 0.2) is 53.3 Å². The minimum Gasteiger partial charge on any atom is -0.410 e. The molecule has 2 aliphatic rings. The molecule has 0 saturated carbocycles. The van der Waals surface area contributed by atoms with Crippen LogP contribution in [0, 0.1) is 0 Å². The standard InChI is InChI=1S/C17H10F3N3O2/c18-17(19,20)10-6-3-5-9-12(16(24)22-13(9)10)15-14(23-25)8-4-1-2-7-11(8)21-15/h1-7,21,25H,(H,22,24)/b15-12-,23-14+. The molecule has 2 aliphatic heterocycles. The van der Waals surface area contributed by atoms with E-state index in [9.17, 15) is 23.2 Å². The number of rotatable bonds is 0. The molecule has 0 atom stereocenters. The van der Waals surface area contributed by atoms with Crippen molar-refractivity contribution in [1.82, 2.24) is 0 Å². The molecule has 3 N–H and O–H groups in total. The summed E-state index contributed by atoms with van der Waals surface area (Å²) in [5.74, 6) is -0.692. The van der Waals surface area contributed by atoms with E-state index >= 15 is 0 Å². The number of hydrogen-bond acceptors (Lipinski definition) is 4. The Bertz CT molecular complexity index is 977. The summed E-state index contributed by atoms with van der Waals surface area (Å²) < 4.78 is 39.6. The molecule has 2 aromatic carbocycles. The number of para-hydroxylation sites is 2. The van der Waals surface area contributed by atoms with Gasteiger partial charge in [0, 0.05) is 16.8 Å². The van der Waals surface area contributed by atoms with Crippen LogP contribution in [-0.4, -0.2) is 16.8 Å². The quantitative estimate of drug-likeness (QED) is 0.387. The van der Waals surface area contributed by atoms with Gasteiger partial charge in [-0.1, -0.05) is 35.5 Å². The first-order valence-electron chi connectivity index (χ1n) is 7.27. The molecule has 8 heteroatoms. The van der Waals surface area contributed by atoms with Crippen LogP contribution in [0.3, 0.4) is 0 Å². The Hall–Kier alpha value is -3.29. The lowest BCUT2D eigenvalue weighted by Gasteiger charge is -2.11. The van der Waals surface area contributed by atoms with Crippen LogP contribution in [0.4, 0.5) is 24.5 Å². The summed E-state index contributed by atoms with van der Waals surface area (Å²) in [6, 6.07) is 10.4. The summed E-state index contributed by atoms with van der Waals surface area (Å²) in [6.45, 7) is 0. The summed E-state index contributed by atoms with van der Waals surface area (Å²) in [5.41, 5.74) is 0.322. The molecule has 0 aromatic heterocycles. The molecule has 0 fully saturated rings. The van der Waals surface area contributed by atoms with Crippen molar-refractivity contribution >= 4 is 28.6 Å². The number of halogens is 3. The number of allylic oxidation sites excluding steroid dienone is 1. The van der Waals surface area contributed by atoms with Crippen molar-refractivity contribution in [2.75, 3.05) is 10.6 Å². The van der Waals surface area contributed by atoms with E-state index in [2.05, 4.69) is 15.8 Å². The number of fused-ring (bicyclic) bond motifs is 2. The Morgan fingerprint density at radius 2 is 1.68 bits per heavy atom. The lowest BCUT2D eigenvalue weighted by atomic mass is 9.99. The molecule has 0 radical (unpaired) electrons. The zero-order valence-electron chi connectivity index (χ0n) is 12.5. The van der Waals surface area contributed by atoms with Crippen LogP contribution >= 0.6 is 0 Å². The second-order valence-electron chi connectivity index (χ2n) is 5.55. The molecule has 0 aliphatic carbocycles. The normalized spacial score (nSPS) is 20.3. The molecular formula is C17H10F3N3O2. The highest BCUT2D eigenvalue weighted by Gasteiger charge is 2.40. The maximum Gasteiger partial charge on any atom is 0.418 e. The molecule has 0 spiro atoms. The molecule has 25 heavy (non-hydrogen) atoms. The lowest BCUT2D eigenvalue weighted by Crippen LogP contribution is -2.13. The van der Waals surface area contributed by atoms with E-state index in [1.54, 1.807) is 24.3 Å². The van der Waals surface area contributed by atoms with E-state index in [0.29, 0.717) is 11.3 Å². The molecule has 1 amide bonds. The summed E-state index contributed by atoms with van der Waals surface area (Å²) in [6.07, 6.45) is -4.60. The van der Waals surface area contributed by atoms with Gasteiger partial charge < -0.3 is 15.8 Å². The number of benzene rings is 2. The third-order valence-electron chi connectivity index (χ3n) is 4.13. The Labute approximate surface area is 139 Å². The Morgan fingerprint density at radius 3 is 2.40 bits per heavy atom. The second-order valence-corrected chi connectivity index (χ2v) is 5.55. The fourth-order valence-electron chi connectivity index (χ4n) is 3.09. The zero-order chi connectivity index (χ0) is 17.8. The molecule has 0 saturated heterocycles. The van der Waals surface area contributed by atoms with Gasteiger partial charge in [-0.15, -0.1) is 0 Å². The van der Waals surface area contributed by atoms with Crippen molar-refractivity contribution in [3.05, 3.63) is 64.9 Å². The number of anilines is 2. The van der Waals surface area contributed by atoms with Crippen molar-refractivity contribution < 1.29 is 23.2 Å². The largest absolute Gasteiger partial charge is 0.418 e. The van der Waals surface area contributed by atoms with Crippen molar-refractivity contribution in [3.63, 3.8) is 0 Å². The van der Waals surface area contributed by atoms with Gasteiger partial charge in [0.1, 0.15) is 5.71 Å². The highest BCUT2D eigenvalue weighted by atomic mass is 19.4. The molecule has 2 heterocycles. The first kappa shape index (κ1) is 15.3. The number of alkyl halides is 3. The maximum atomic E-state index is 13.2. The topological polar surface area (TPSA) is 73.7 Å². The first-order valence-corrected chi connectivity index (χ1v) is 7.27. The Kier molecular flexibility index (Phi) is 3.11. The van der Waals surface area contributed by atoms with E-state index in [1.807, 2.05) is 0 Å². The Balaban J connectivity index is 1.96. The smallest absolute Gasteiger partial charge is 0.410 e. The monoisotopic (exact) mass is 345 g/mol. The van der Waals surface area contributed by atoms with Crippen LogP contribution in [0.1, 0.15) is 16.7 Å². The van der Waals surface area contributed by atoms with Crippen LogP contribution in [0.5, 0.6) is 0 Å². The predicted molar refractivity (Wildman–Crippen MR) is 85.4 cm³/mol. The van der Waals surface area contributed by atoms with Gasteiger partial charge in [-0.3, -0.25) is 4.79 Å². The summed E-state index contributed by atoms with van der Waals surface area (Å²) in [7, 11) is 0. The first-order chi connectivity index (χ1) is 11.9. The van der Waals surface area contributed by atoms with Crippen LogP contribution in [0.2, 0.25) is 0 Å². The average molecular weight is 345 g/mol. The third kappa shape index (κ3) is 2.18. The minimum atomic E-state index is -4.60. The number of nitrogens with zero attached hydrogens (tertiary/aromatic N) is 1. The fourth-order valence-corrected chi connectivity index (χ4v) is 3.09. The third-order valence-corrected chi connectivity index (χ3v) is 4.13. The molecule has 5 nitrogen and oxygen atoms in total. The molecule has 4 rings (SSSR count). The van der Waals surface area contributed by atoms with Gasteiger partial charge >= 0.3 is 6.18 Å². The highest BCUT2D eigenvalue weighted by molar-refractivity contribution is 6.39. The summed E-state index contributed by atoms with van der Waals surface area (Å²) in [5, 5.41) is 17.8. The lowest BCUT2D eigenvalue weighted by molar-refractivity contribution is -0.136. The number of carbonyl (C=O) groups excluding carboxylic acids is 1. The van der Waals surface area contributed by atoms with Crippen molar-refractivity contribution in [3.8, 4) is 0 Å². The molecular weight excluding hydrogens is 335 g/mol. The van der Waals surface area contributed by atoms with Crippen LogP contribution in [0.25, 0.3) is 5.57 Å². The second kappa shape index (κ2) is 5.10. The zero-order valence-corrected chi connectivity index (χ0v) is 12.5. The van der Waals surface area contributed by atoms with E-state index < -0.39 is 17.6 Å². The fraction of sp³-hybridized carbons (Fsp3) is 0.0588. The maximum absolute atomic E-state index is 13.2. The molecule has 0 bridgehead atoms. The van der Waals surface area contributed by atoms with Crippen molar-refractivity contribution in [2.24, 2.45) is 5.16 Å². The number of carbonyl (C=O) groups is 1. The number of hydrogen-bond donors (Lipinski definition) is 3. The van der Waals surface area contributed by atoms with Gasteiger partial charge in [0.05, 0.1) is 22.5 Å². The van der Waals surface area contributed by atoms with Gasteiger partial charge in [0.15, 0.2) is 0 Å². The van der Waals surface area contributed by atoms with Crippen molar-refractivity contribution in [2.45, 2.75) is 6.18 Å².